The summed E-state index contributed by atoms with van der Waals surface area (Å²) >= 11 is 0. The monoisotopic (exact) mass is 281 g/mol. The van der Waals surface area contributed by atoms with Gasteiger partial charge in [-0.3, -0.25) is 4.98 Å². The number of aromatic hydroxyl groups is 1. The Kier molecular flexibility index (Phi) is 4.13. The summed E-state index contributed by atoms with van der Waals surface area (Å²) in [6.07, 6.45) is 0. The second kappa shape index (κ2) is 5.84. The maximum atomic E-state index is 9.76. The van der Waals surface area contributed by atoms with Gasteiger partial charge in [-0.1, -0.05) is 12.1 Å². The smallest absolute Gasteiger partial charge is 0.138 e. The van der Waals surface area contributed by atoms with Crippen molar-refractivity contribution in [2.45, 2.75) is 32.7 Å². The minimum absolute atomic E-state index is 0.190. The van der Waals surface area contributed by atoms with Crippen LogP contribution < -0.4 is 5.32 Å². The summed E-state index contributed by atoms with van der Waals surface area (Å²) in [5.41, 5.74) is 2.91. The predicted molar refractivity (Wildman–Crippen MR) is 83.0 cm³/mol. The first-order valence-corrected chi connectivity index (χ1v) is 6.83. The summed E-state index contributed by atoms with van der Waals surface area (Å²) in [5.74, 6) is 0.190. The third kappa shape index (κ3) is 3.51. The number of nitrogens with one attached hydrogen (secondary N) is 1. The zero-order chi connectivity index (χ0) is 15.5. The van der Waals surface area contributed by atoms with Crippen molar-refractivity contribution < 1.29 is 5.11 Å². The zero-order valence-corrected chi connectivity index (χ0v) is 12.5. The first-order valence-electron chi connectivity index (χ1n) is 6.83. The van der Waals surface area contributed by atoms with Gasteiger partial charge in [-0.25, -0.2) is 0 Å². The fraction of sp³-hybridized carbons (Fsp3) is 0.294. The minimum Gasteiger partial charge on any atom is -0.506 e. The standard InChI is InChI=1S/C17H19N3O/c1-12-4-9-16(21)15(20-12)10-19-14-7-5-13(6-8-14)17(2,3)11-18/h4-9,19,21H,10H2,1-3H3. The average Bonchev–Trinajstić information content (AvgIpc) is 2.48. The van der Waals surface area contributed by atoms with E-state index < -0.39 is 5.41 Å². The van der Waals surface area contributed by atoms with Crippen molar-refractivity contribution in [3.63, 3.8) is 0 Å². The summed E-state index contributed by atoms with van der Waals surface area (Å²) in [6, 6.07) is 13.5. The SMILES string of the molecule is Cc1ccc(O)c(CNc2ccc(C(C)(C)C#N)cc2)n1. The van der Waals surface area contributed by atoms with Crippen LogP contribution in [0.15, 0.2) is 36.4 Å². The van der Waals surface area contributed by atoms with Crippen molar-refractivity contribution in [2.24, 2.45) is 0 Å². The number of rotatable bonds is 4. The number of aromatic nitrogens is 1. The molecule has 0 radical (unpaired) electrons. The molecule has 1 aromatic carbocycles. The number of hydrogen-bond donors (Lipinski definition) is 2. The lowest BCUT2D eigenvalue weighted by atomic mass is 9.86. The lowest BCUT2D eigenvalue weighted by Crippen LogP contribution is -2.13. The van der Waals surface area contributed by atoms with Gasteiger partial charge in [0.2, 0.25) is 0 Å². The normalized spacial score (nSPS) is 11.0. The molecule has 0 bridgehead atoms. The van der Waals surface area contributed by atoms with Gasteiger partial charge in [0.25, 0.3) is 0 Å². The highest BCUT2D eigenvalue weighted by atomic mass is 16.3. The molecule has 4 heteroatoms. The van der Waals surface area contributed by atoms with Crippen LogP contribution in [-0.2, 0) is 12.0 Å². The number of pyridine rings is 1. The van der Waals surface area contributed by atoms with Gasteiger partial charge in [0.1, 0.15) is 11.4 Å². The molecule has 0 saturated carbocycles. The highest BCUT2D eigenvalue weighted by Gasteiger charge is 2.19. The van der Waals surface area contributed by atoms with Crippen LogP contribution in [-0.4, -0.2) is 10.1 Å². The van der Waals surface area contributed by atoms with Crippen molar-refractivity contribution in [1.29, 1.82) is 5.26 Å². The summed E-state index contributed by atoms with van der Waals surface area (Å²) < 4.78 is 0. The molecule has 0 aliphatic carbocycles. The van der Waals surface area contributed by atoms with Crippen molar-refractivity contribution in [2.75, 3.05) is 5.32 Å². The summed E-state index contributed by atoms with van der Waals surface area (Å²) in [4.78, 5) is 4.30. The van der Waals surface area contributed by atoms with Gasteiger partial charge in [-0.05, 0) is 50.6 Å². The Balaban J connectivity index is 2.08. The maximum Gasteiger partial charge on any atom is 0.138 e. The molecular weight excluding hydrogens is 262 g/mol. The number of aryl methyl sites for hydroxylation is 1. The van der Waals surface area contributed by atoms with E-state index in [1.165, 1.54) is 0 Å². The molecular formula is C17H19N3O. The molecule has 108 valence electrons. The average molecular weight is 281 g/mol. The molecule has 2 rings (SSSR count). The van der Waals surface area contributed by atoms with Crippen molar-refractivity contribution in [3.05, 3.63) is 53.3 Å². The molecule has 2 N–H and O–H groups in total. The van der Waals surface area contributed by atoms with Gasteiger partial charge in [0.15, 0.2) is 0 Å². The first-order chi connectivity index (χ1) is 9.92. The van der Waals surface area contributed by atoms with Gasteiger partial charge in [0, 0.05) is 11.4 Å². The lowest BCUT2D eigenvalue weighted by molar-refractivity contribution is 0.464. The Morgan fingerprint density at radius 1 is 1.19 bits per heavy atom. The van der Waals surface area contributed by atoms with E-state index in [0.29, 0.717) is 12.2 Å². The van der Waals surface area contributed by atoms with Crippen LogP contribution in [0.5, 0.6) is 5.75 Å². The van der Waals surface area contributed by atoms with Crippen LogP contribution >= 0.6 is 0 Å². The van der Waals surface area contributed by atoms with Gasteiger partial charge in [-0.15, -0.1) is 0 Å². The molecule has 0 fully saturated rings. The molecule has 0 amide bonds. The zero-order valence-electron chi connectivity index (χ0n) is 12.5. The summed E-state index contributed by atoms with van der Waals surface area (Å²) in [7, 11) is 0. The van der Waals surface area contributed by atoms with E-state index in [0.717, 1.165) is 16.9 Å². The van der Waals surface area contributed by atoms with E-state index in [4.69, 9.17) is 5.26 Å². The number of hydrogen-bond acceptors (Lipinski definition) is 4. The van der Waals surface area contributed by atoms with E-state index in [9.17, 15) is 5.11 Å². The van der Waals surface area contributed by atoms with Crippen molar-refractivity contribution in [3.8, 4) is 11.8 Å². The summed E-state index contributed by atoms with van der Waals surface area (Å²) in [6.45, 7) is 6.13. The third-order valence-corrected chi connectivity index (χ3v) is 3.44. The Morgan fingerprint density at radius 3 is 2.48 bits per heavy atom. The molecule has 1 heterocycles. The minimum atomic E-state index is -0.491. The number of nitrogens with zero attached hydrogens (tertiary/aromatic N) is 2. The molecule has 0 atom stereocenters. The topological polar surface area (TPSA) is 68.9 Å². The van der Waals surface area contributed by atoms with Crippen LogP contribution in [0, 0.1) is 18.3 Å². The maximum absolute atomic E-state index is 9.76. The van der Waals surface area contributed by atoms with Crippen molar-refractivity contribution in [1.82, 2.24) is 4.98 Å². The van der Waals surface area contributed by atoms with E-state index >= 15 is 0 Å². The highest BCUT2D eigenvalue weighted by molar-refractivity contribution is 5.47. The number of benzene rings is 1. The lowest BCUT2D eigenvalue weighted by Gasteiger charge is -2.16. The fourth-order valence-corrected chi connectivity index (χ4v) is 1.99. The van der Waals surface area contributed by atoms with E-state index in [1.807, 2.05) is 45.0 Å². The van der Waals surface area contributed by atoms with Crippen LogP contribution in [0.1, 0.15) is 30.8 Å². The third-order valence-electron chi connectivity index (χ3n) is 3.44. The second-order valence-corrected chi connectivity index (χ2v) is 5.59. The Hall–Kier alpha value is -2.54. The Bertz CT molecular complexity index is 669. The van der Waals surface area contributed by atoms with Crippen molar-refractivity contribution >= 4 is 5.69 Å². The van der Waals surface area contributed by atoms with Gasteiger partial charge >= 0.3 is 0 Å². The molecule has 0 aliphatic rings. The molecule has 1 aromatic heterocycles. The Labute approximate surface area is 125 Å². The molecule has 0 unspecified atom stereocenters. The molecule has 0 aliphatic heterocycles. The number of nitriles is 1. The van der Waals surface area contributed by atoms with E-state index in [2.05, 4.69) is 16.4 Å². The summed E-state index contributed by atoms with van der Waals surface area (Å²) in [5, 5.41) is 22.1. The van der Waals surface area contributed by atoms with E-state index in [1.54, 1.807) is 12.1 Å². The molecule has 21 heavy (non-hydrogen) atoms. The van der Waals surface area contributed by atoms with Gasteiger partial charge < -0.3 is 10.4 Å². The number of anilines is 1. The van der Waals surface area contributed by atoms with Crippen LogP contribution in [0.4, 0.5) is 5.69 Å². The Morgan fingerprint density at radius 2 is 1.86 bits per heavy atom. The molecule has 4 nitrogen and oxygen atoms in total. The highest BCUT2D eigenvalue weighted by Crippen LogP contribution is 2.24. The van der Waals surface area contributed by atoms with Crippen LogP contribution in [0.25, 0.3) is 0 Å². The first kappa shape index (κ1) is 14.9. The second-order valence-electron chi connectivity index (χ2n) is 5.59. The van der Waals surface area contributed by atoms with Gasteiger partial charge in [0.05, 0.1) is 18.0 Å². The largest absolute Gasteiger partial charge is 0.506 e. The molecule has 2 aromatic rings. The van der Waals surface area contributed by atoms with Gasteiger partial charge in [-0.2, -0.15) is 5.26 Å². The molecule has 0 saturated heterocycles. The molecule has 0 spiro atoms. The van der Waals surface area contributed by atoms with Crippen LogP contribution in [0.3, 0.4) is 0 Å². The predicted octanol–water partition coefficient (Wildman–Crippen LogP) is 3.51. The van der Waals surface area contributed by atoms with Crippen LogP contribution in [0.2, 0.25) is 0 Å². The quantitative estimate of drug-likeness (QED) is 0.899. The van der Waals surface area contributed by atoms with E-state index in [-0.39, 0.29) is 5.75 Å². The fourth-order valence-electron chi connectivity index (χ4n) is 1.99.